The van der Waals surface area contributed by atoms with E-state index >= 15 is 0 Å². The molecule has 0 unspecified atom stereocenters. The minimum absolute atomic E-state index is 0.333. The third-order valence-electron chi connectivity index (χ3n) is 2.50. The van der Waals surface area contributed by atoms with Crippen LogP contribution in [-0.2, 0) is 13.0 Å². The fourth-order valence-corrected chi connectivity index (χ4v) is 1.90. The number of alkyl halides is 1. The van der Waals surface area contributed by atoms with E-state index in [9.17, 15) is 4.39 Å². The second kappa shape index (κ2) is 6.16. The Morgan fingerprint density at radius 2 is 2.17 bits per heavy atom. The van der Waals surface area contributed by atoms with Crippen LogP contribution in [0.2, 0.25) is 5.02 Å². The highest BCUT2D eigenvalue weighted by Gasteiger charge is 2.06. The molecule has 0 spiro atoms. The molecular weight excluding hydrogens is 276 g/mol. The lowest BCUT2D eigenvalue weighted by Gasteiger charge is -2.02. The van der Waals surface area contributed by atoms with Gasteiger partial charge in [-0.2, -0.15) is 0 Å². The Labute approximate surface area is 115 Å². The molecule has 2 aromatic rings. The van der Waals surface area contributed by atoms with Gasteiger partial charge in [0.15, 0.2) is 0 Å². The number of benzene rings is 1. The van der Waals surface area contributed by atoms with Gasteiger partial charge >= 0.3 is 0 Å². The lowest BCUT2D eigenvalue weighted by Crippen LogP contribution is -2.02. The van der Waals surface area contributed by atoms with Crippen LogP contribution in [0.5, 0.6) is 0 Å². The number of aromatic nitrogens is 3. The molecule has 0 fully saturated rings. The van der Waals surface area contributed by atoms with Crippen LogP contribution in [-0.4, -0.2) is 20.9 Å². The minimum Gasteiger partial charge on any atom is -0.248 e. The van der Waals surface area contributed by atoms with E-state index in [1.165, 1.54) is 6.07 Å². The van der Waals surface area contributed by atoms with Crippen LogP contribution < -0.4 is 0 Å². The van der Waals surface area contributed by atoms with Gasteiger partial charge in [-0.05, 0) is 25.0 Å². The van der Waals surface area contributed by atoms with Crippen molar-refractivity contribution in [1.29, 1.82) is 0 Å². The maximum absolute atomic E-state index is 13.6. The zero-order valence-electron chi connectivity index (χ0n) is 9.61. The lowest BCUT2D eigenvalue weighted by molar-refractivity contribution is 0.577. The van der Waals surface area contributed by atoms with Gasteiger partial charge in [0.2, 0.25) is 0 Å². The van der Waals surface area contributed by atoms with Crippen molar-refractivity contribution in [3.8, 4) is 0 Å². The number of aryl methyl sites for hydroxylation is 1. The summed E-state index contributed by atoms with van der Waals surface area (Å²) in [7, 11) is 0. The molecule has 0 saturated carbocycles. The Balaban J connectivity index is 2.06. The first kappa shape index (κ1) is 13.3. The highest BCUT2D eigenvalue weighted by atomic mass is 35.5. The molecule has 1 aromatic carbocycles. The molecule has 1 heterocycles. The minimum atomic E-state index is -0.333. The quantitative estimate of drug-likeness (QED) is 0.790. The van der Waals surface area contributed by atoms with E-state index in [0.717, 1.165) is 18.5 Å². The highest BCUT2D eigenvalue weighted by molar-refractivity contribution is 6.30. The first-order valence-corrected chi connectivity index (χ1v) is 6.49. The predicted molar refractivity (Wildman–Crippen MR) is 69.6 cm³/mol. The third kappa shape index (κ3) is 3.43. The van der Waals surface area contributed by atoms with Crippen molar-refractivity contribution >= 4 is 23.2 Å². The molecule has 3 nitrogen and oxygen atoms in total. The molecule has 0 amide bonds. The topological polar surface area (TPSA) is 30.7 Å². The Morgan fingerprint density at radius 1 is 1.33 bits per heavy atom. The van der Waals surface area contributed by atoms with E-state index in [-0.39, 0.29) is 5.82 Å². The number of hydrogen-bond donors (Lipinski definition) is 0. The molecule has 96 valence electrons. The van der Waals surface area contributed by atoms with Gasteiger partial charge in [-0.3, -0.25) is 0 Å². The van der Waals surface area contributed by atoms with E-state index in [0.29, 0.717) is 23.0 Å². The summed E-state index contributed by atoms with van der Waals surface area (Å²) in [6.07, 6.45) is 3.45. The number of rotatable bonds is 5. The summed E-state index contributed by atoms with van der Waals surface area (Å²) in [5.41, 5.74) is 1.40. The molecule has 6 heteroatoms. The van der Waals surface area contributed by atoms with Crippen molar-refractivity contribution in [3.63, 3.8) is 0 Å². The van der Waals surface area contributed by atoms with Crippen LogP contribution >= 0.6 is 23.2 Å². The largest absolute Gasteiger partial charge is 0.248 e. The number of nitrogens with zero attached hydrogens (tertiary/aromatic N) is 3. The first-order valence-electron chi connectivity index (χ1n) is 5.58. The van der Waals surface area contributed by atoms with Crippen LogP contribution in [0.4, 0.5) is 4.39 Å². The van der Waals surface area contributed by atoms with Gasteiger partial charge in [-0.25, -0.2) is 9.07 Å². The van der Waals surface area contributed by atoms with Crippen LogP contribution in [0.1, 0.15) is 17.7 Å². The summed E-state index contributed by atoms with van der Waals surface area (Å²) in [6, 6.07) is 4.60. The molecule has 1 aromatic heterocycles. The van der Waals surface area contributed by atoms with Gasteiger partial charge in [0.05, 0.1) is 12.2 Å². The van der Waals surface area contributed by atoms with Crippen molar-refractivity contribution in [1.82, 2.24) is 15.0 Å². The van der Waals surface area contributed by atoms with Crippen LogP contribution in [0.25, 0.3) is 0 Å². The summed E-state index contributed by atoms with van der Waals surface area (Å²) >= 11 is 11.3. The van der Waals surface area contributed by atoms with E-state index in [4.69, 9.17) is 23.2 Å². The molecule has 0 bridgehead atoms. The summed E-state index contributed by atoms with van der Waals surface area (Å²) in [5, 5.41) is 8.34. The SMILES string of the molecule is Fc1cc(Cl)ccc1Cn1cc(CCCCl)nn1. The fraction of sp³-hybridized carbons (Fsp3) is 0.333. The molecule has 0 N–H and O–H groups in total. The van der Waals surface area contributed by atoms with Gasteiger partial charge in [0.1, 0.15) is 5.82 Å². The van der Waals surface area contributed by atoms with Crippen molar-refractivity contribution in [2.45, 2.75) is 19.4 Å². The average molecular weight is 288 g/mol. The molecule has 0 atom stereocenters. The molecule has 0 aliphatic heterocycles. The first-order chi connectivity index (χ1) is 8.69. The van der Waals surface area contributed by atoms with Crippen LogP contribution in [0.15, 0.2) is 24.4 Å². The normalized spacial score (nSPS) is 10.8. The second-order valence-corrected chi connectivity index (χ2v) is 4.75. The van der Waals surface area contributed by atoms with E-state index in [2.05, 4.69) is 10.3 Å². The third-order valence-corrected chi connectivity index (χ3v) is 3.00. The average Bonchev–Trinajstić information content (AvgIpc) is 2.78. The predicted octanol–water partition coefficient (Wildman–Crippen LogP) is 3.29. The highest BCUT2D eigenvalue weighted by Crippen LogP contribution is 2.15. The fourth-order valence-electron chi connectivity index (χ4n) is 1.60. The Hall–Kier alpha value is -1.13. The summed E-state index contributed by atoms with van der Waals surface area (Å²) < 4.78 is 15.2. The Morgan fingerprint density at radius 3 is 2.89 bits per heavy atom. The summed E-state index contributed by atoms with van der Waals surface area (Å²) in [4.78, 5) is 0. The van der Waals surface area contributed by atoms with Crippen molar-refractivity contribution < 1.29 is 4.39 Å². The monoisotopic (exact) mass is 287 g/mol. The molecule has 0 aliphatic rings. The number of hydrogen-bond acceptors (Lipinski definition) is 2. The number of halogens is 3. The van der Waals surface area contributed by atoms with Gasteiger partial charge in [0.25, 0.3) is 0 Å². The zero-order valence-corrected chi connectivity index (χ0v) is 11.1. The summed E-state index contributed by atoms with van der Waals surface area (Å²) in [6.45, 7) is 0.344. The summed E-state index contributed by atoms with van der Waals surface area (Å²) in [5.74, 6) is 0.263. The Kier molecular flexibility index (Phi) is 4.55. The maximum atomic E-state index is 13.6. The Bertz CT molecular complexity index is 528. The molecule has 0 radical (unpaired) electrons. The van der Waals surface area contributed by atoms with Gasteiger partial charge < -0.3 is 0 Å². The molecule has 18 heavy (non-hydrogen) atoms. The van der Waals surface area contributed by atoms with E-state index in [1.54, 1.807) is 23.0 Å². The van der Waals surface area contributed by atoms with E-state index < -0.39 is 0 Å². The van der Waals surface area contributed by atoms with Crippen LogP contribution in [0, 0.1) is 5.82 Å². The van der Waals surface area contributed by atoms with Crippen molar-refractivity contribution in [2.75, 3.05) is 5.88 Å². The molecular formula is C12H12Cl2FN3. The standard InChI is InChI=1S/C12H12Cl2FN3/c13-5-1-2-11-8-18(17-16-11)7-9-3-4-10(14)6-12(9)15/h3-4,6,8H,1-2,5,7H2. The zero-order chi connectivity index (χ0) is 13.0. The maximum Gasteiger partial charge on any atom is 0.129 e. The van der Waals surface area contributed by atoms with Gasteiger partial charge in [0, 0.05) is 22.7 Å². The van der Waals surface area contributed by atoms with Crippen molar-refractivity contribution in [3.05, 3.63) is 46.5 Å². The van der Waals surface area contributed by atoms with Crippen molar-refractivity contribution in [2.24, 2.45) is 0 Å². The van der Waals surface area contributed by atoms with E-state index in [1.807, 2.05) is 0 Å². The molecule has 2 rings (SSSR count). The molecule has 0 saturated heterocycles. The lowest BCUT2D eigenvalue weighted by atomic mass is 10.2. The second-order valence-electron chi connectivity index (χ2n) is 3.94. The van der Waals surface area contributed by atoms with Gasteiger partial charge in [-0.1, -0.05) is 22.9 Å². The van der Waals surface area contributed by atoms with Crippen LogP contribution in [0.3, 0.4) is 0 Å². The van der Waals surface area contributed by atoms with Gasteiger partial charge in [-0.15, -0.1) is 16.7 Å². The molecule has 0 aliphatic carbocycles. The smallest absolute Gasteiger partial charge is 0.129 e.